The molecule has 0 saturated heterocycles. The van der Waals surface area contributed by atoms with Crippen LogP contribution in [0.4, 0.5) is 0 Å². The van der Waals surface area contributed by atoms with E-state index in [0.717, 1.165) is 30.9 Å². The topological polar surface area (TPSA) is 12.0 Å². The molecule has 2 unspecified atom stereocenters. The second kappa shape index (κ2) is 6.67. The van der Waals surface area contributed by atoms with Crippen molar-refractivity contribution in [1.29, 1.82) is 0 Å². The lowest BCUT2D eigenvalue weighted by atomic mass is 9.77. The molecule has 0 aromatic heterocycles. The molecule has 1 aromatic carbocycles. The summed E-state index contributed by atoms with van der Waals surface area (Å²) in [6, 6.07) is 5.78. The lowest BCUT2D eigenvalue weighted by molar-refractivity contribution is 0.207. The Morgan fingerprint density at radius 1 is 1.32 bits per heavy atom. The number of alkyl halides is 1. The van der Waals surface area contributed by atoms with E-state index in [1.54, 1.807) is 0 Å². The van der Waals surface area contributed by atoms with E-state index >= 15 is 0 Å². The van der Waals surface area contributed by atoms with Crippen molar-refractivity contribution in [2.45, 2.75) is 44.7 Å². The first-order valence-electron chi connectivity index (χ1n) is 6.79. The highest BCUT2D eigenvalue weighted by molar-refractivity contribution is 6.42. The van der Waals surface area contributed by atoms with Crippen molar-refractivity contribution in [3.63, 3.8) is 0 Å². The average molecular weight is 321 g/mol. The number of benzene rings is 1. The molecule has 1 nitrogen and oxygen atoms in total. The van der Waals surface area contributed by atoms with E-state index in [1.807, 2.05) is 18.2 Å². The Morgan fingerprint density at radius 3 is 2.74 bits per heavy atom. The second-order valence-electron chi connectivity index (χ2n) is 5.72. The van der Waals surface area contributed by atoms with Crippen molar-refractivity contribution in [3.05, 3.63) is 33.8 Å². The Balaban J connectivity index is 2.01. The van der Waals surface area contributed by atoms with Crippen LogP contribution in [0.2, 0.25) is 10.0 Å². The molecule has 0 heterocycles. The Labute approximate surface area is 130 Å². The molecule has 106 valence electrons. The highest BCUT2D eigenvalue weighted by atomic mass is 35.5. The summed E-state index contributed by atoms with van der Waals surface area (Å²) in [5.74, 6) is 1.41. The van der Waals surface area contributed by atoms with Crippen LogP contribution in [0, 0.1) is 5.92 Å². The molecule has 1 aliphatic rings. The monoisotopic (exact) mass is 319 g/mol. The third kappa shape index (κ3) is 4.01. The summed E-state index contributed by atoms with van der Waals surface area (Å²) in [7, 11) is 0. The number of hydrogen-bond donors (Lipinski definition) is 1. The molecule has 2 atom stereocenters. The summed E-state index contributed by atoms with van der Waals surface area (Å²) < 4.78 is 0. The van der Waals surface area contributed by atoms with Crippen molar-refractivity contribution in [2.75, 3.05) is 5.88 Å². The van der Waals surface area contributed by atoms with E-state index in [1.165, 1.54) is 12.8 Å². The number of hydrogen-bond acceptors (Lipinski definition) is 1. The van der Waals surface area contributed by atoms with E-state index in [2.05, 4.69) is 12.2 Å². The Hall–Kier alpha value is 0.0500. The fourth-order valence-electron chi connectivity index (χ4n) is 2.93. The molecule has 1 aliphatic carbocycles. The van der Waals surface area contributed by atoms with Crippen LogP contribution in [0.1, 0.15) is 38.2 Å². The zero-order valence-electron chi connectivity index (χ0n) is 11.2. The van der Waals surface area contributed by atoms with Crippen LogP contribution < -0.4 is 5.32 Å². The second-order valence-corrected chi connectivity index (χ2v) is 6.80. The van der Waals surface area contributed by atoms with E-state index in [-0.39, 0.29) is 5.54 Å². The molecule has 4 heteroatoms. The molecule has 19 heavy (non-hydrogen) atoms. The van der Waals surface area contributed by atoms with Gasteiger partial charge in [0.25, 0.3) is 0 Å². The molecule has 0 spiro atoms. The first kappa shape index (κ1) is 15.4. The van der Waals surface area contributed by atoms with Gasteiger partial charge in [-0.2, -0.15) is 0 Å². The summed E-state index contributed by atoms with van der Waals surface area (Å²) >= 11 is 18.2. The van der Waals surface area contributed by atoms with E-state index in [9.17, 15) is 0 Å². The van der Waals surface area contributed by atoms with Crippen LogP contribution in [0.5, 0.6) is 0 Å². The minimum absolute atomic E-state index is 0.0747. The van der Waals surface area contributed by atoms with Crippen LogP contribution in [0.3, 0.4) is 0 Å². The number of nitrogens with one attached hydrogen (secondary N) is 1. The van der Waals surface area contributed by atoms with Crippen LogP contribution in [-0.4, -0.2) is 11.4 Å². The molecule has 1 aromatic rings. The number of rotatable bonds is 4. The van der Waals surface area contributed by atoms with E-state index < -0.39 is 0 Å². The smallest absolute Gasteiger partial charge is 0.0595 e. The van der Waals surface area contributed by atoms with Crippen LogP contribution >= 0.6 is 34.8 Å². The Kier molecular flexibility index (Phi) is 5.42. The molecule has 0 aliphatic heterocycles. The van der Waals surface area contributed by atoms with E-state index in [0.29, 0.717) is 15.9 Å². The van der Waals surface area contributed by atoms with Gasteiger partial charge in [-0.3, -0.25) is 0 Å². The van der Waals surface area contributed by atoms with Gasteiger partial charge in [0.05, 0.1) is 10.0 Å². The largest absolute Gasteiger partial charge is 0.306 e. The third-order valence-corrected chi connectivity index (χ3v) is 5.25. The van der Waals surface area contributed by atoms with Crippen LogP contribution in [0.15, 0.2) is 18.2 Å². The molecular weight excluding hydrogens is 301 g/mol. The van der Waals surface area contributed by atoms with Crippen LogP contribution in [0.25, 0.3) is 0 Å². The quantitative estimate of drug-likeness (QED) is 0.745. The van der Waals surface area contributed by atoms with Gasteiger partial charge in [0.15, 0.2) is 0 Å². The molecular formula is C15H20Cl3N. The average Bonchev–Trinajstić information content (AvgIpc) is 2.40. The van der Waals surface area contributed by atoms with Crippen molar-refractivity contribution in [1.82, 2.24) is 5.32 Å². The molecule has 1 N–H and O–H groups in total. The molecule has 2 rings (SSSR count). The fraction of sp³-hybridized carbons (Fsp3) is 0.600. The van der Waals surface area contributed by atoms with Gasteiger partial charge in [0.1, 0.15) is 0 Å². The summed E-state index contributed by atoms with van der Waals surface area (Å²) in [5.41, 5.74) is 1.22. The first-order valence-corrected chi connectivity index (χ1v) is 8.09. The lowest BCUT2D eigenvalue weighted by Gasteiger charge is -2.39. The minimum Gasteiger partial charge on any atom is -0.306 e. The van der Waals surface area contributed by atoms with Crippen molar-refractivity contribution >= 4 is 34.8 Å². The fourth-order valence-corrected chi connectivity index (χ4v) is 3.59. The standard InChI is InChI=1S/C15H20Cl3N/c1-11-3-2-6-15(8-11,10-16)19-9-12-4-5-13(17)14(18)7-12/h4-5,7,11,19H,2-3,6,8-10H2,1H3. The molecule has 1 saturated carbocycles. The zero-order valence-corrected chi connectivity index (χ0v) is 13.5. The minimum atomic E-state index is 0.0747. The van der Waals surface area contributed by atoms with Crippen molar-refractivity contribution in [2.24, 2.45) is 5.92 Å². The summed E-state index contributed by atoms with van der Waals surface area (Å²) in [5, 5.41) is 4.85. The molecule has 0 bridgehead atoms. The normalized spacial score (nSPS) is 27.5. The first-order chi connectivity index (χ1) is 9.04. The number of halogens is 3. The Bertz CT molecular complexity index is 435. The maximum absolute atomic E-state index is 6.22. The predicted octanol–water partition coefficient (Wildman–Crippen LogP) is 5.27. The Morgan fingerprint density at radius 2 is 2.11 bits per heavy atom. The van der Waals surface area contributed by atoms with Gasteiger partial charge in [0.2, 0.25) is 0 Å². The van der Waals surface area contributed by atoms with Crippen molar-refractivity contribution < 1.29 is 0 Å². The van der Waals surface area contributed by atoms with Gasteiger partial charge >= 0.3 is 0 Å². The maximum atomic E-state index is 6.22. The lowest BCUT2D eigenvalue weighted by Crippen LogP contribution is -2.49. The van der Waals surface area contributed by atoms with Gasteiger partial charge in [-0.1, -0.05) is 49.0 Å². The van der Waals surface area contributed by atoms with Crippen LogP contribution in [-0.2, 0) is 6.54 Å². The molecule has 0 radical (unpaired) electrons. The SMILES string of the molecule is CC1CCCC(CCl)(NCc2ccc(Cl)c(Cl)c2)C1. The predicted molar refractivity (Wildman–Crippen MR) is 84.4 cm³/mol. The van der Waals surface area contributed by atoms with E-state index in [4.69, 9.17) is 34.8 Å². The summed E-state index contributed by atoms with van der Waals surface area (Å²) in [6.07, 6.45) is 4.87. The van der Waals surface area contributed by atoms with Gasteiger partial charge in [-0.25, -0.2) is 0 Å². The highest BCUT2D eigenvalue weighted by Crippen LogP contribution is 2.33. The zero-order chi connectivity index (χ0) is 13.9. The summed E-state index contributed by atoms with van der Waals surface area (Å²) in [6.45, 7) is 3.09. The third-order valence-electron chi connectivity index (χ3n) is 4.00. The maximum Gasteiger partial charge on any atom is 0.0595 e. The molecule has 1 fully saturated rings. The van der Waals surface area contributed by atoms with Gasteiger partial charge < -0.3 is 5.32 Å². The van der Waals surface area contributed by atoms with Gasteiger partial charge in [-0.05, 0) is 36.5 Å². The molecule has 0 amide bonds. The van der Waals surface area contributed by atoms with Gasteiger partial charge in [0, 0.05) is 18.0 Å². The summed E-state index contributed by atoms with van der Waals surface area (Å²) in [4.78, 5) is 0. The van der Waals surface area contributed by atoms with Crippen molar-refractivity contribution in [3.8, 4) is 0 Å². The highest BCUT2D eigenvalue weighted by Gasteiger charge is 2.33. The van der Waals surface area contributed by atoms with Gasteiger partial charge in [-0.15, -0.1) is 11.6 Å².